The molecule has 2 N–H and O–H groups in total. The summed E-state index contributed by atoms with van der Waals surface area (Å²) in [5.74, 6) is 0.0147. The second-order valence-electron chi connectivity index (χ2n) is 7.33. The molecule has 1 heterocycles. The van der Waals surface area contributed by atoms with Gasteiger partial charge in [0.15, 0.2) is 0 Å². The number of carbonyl (C=O) groups excluding carboxylic acids is 1. The fourth-order valence-electron chi connectivity index (χ4n) is 3.31. The van der Waals surface area contributed by atoms with Crippen molar-refractivity contribution >= 4 is 5.91 Å². The van der Waals surface area contributed by atoms with Gasteiger partial charge in [-0.3, -0.25) is 4.79 Å². The molecule has 1 aliphatic rings. The van der Waals surface area contributed by atoms with Crippen LogP contribution >= 0.6 is 0 Å². The molecule has 1 saturated heterocycles. The molecular formula is C19H30FN3O. The number of hydrogen-bond donors (Lipinski definition) is 1. The molecule has 1 fully saturated rings. The van der Waals surface area contributed by atoms with E-state index < -0.39 is 0 Å². The molecule has 2 rings (SSSR count). The second-order valence-corrected chi connectivity index (χ2v) is 7.33. The number of aryl methyl sites for hydroxylation is 1. The smallest absolute Gasteiger partial charge is 0.253 e. The summed E-state index contributed by atoms with van der Waals surface area (Å²) in [5, 5.41) is 0. The predicted molar refractivity (Wildman–Crippen MR) is 95.5 cm³/mol. The van der Waals surface area contributed by atoms with Crippen LogP contribution in [0.2, 0.25) is 0 Å². The highest BCUT2D eigenvalue weighted by molar-refractivity contribution is 5.94. The lowest BCUT2D eigenvalue weighted by Gasteiger charge is -2.38. The number of nitrogens with zero attached hydrogens (tertiary/aromatic N) is 2. The van der Waals surface area contributed by atoms with Gasteiger partial charge in [-0.25, -0.2) is 4.39 Å². The lowest BCUT2D eigenvalue weighted by molar-refractivity contribution is 0.0605. The molecule has 0 saturated carbocycles. The third-order valence-corrected chi connectivity index (χ3v) is 5.07. The molecule has 0 radical (unpaired) electrons. The summed E-state index contributed by atoms with van der Waals surface area (Å²) >= 11 is 0. The average molecular weight is 335 g/mol. The summed E-state index contributed by atoms with van der Waals surface area (Å²) in [4.78, 5) is 17.0. The highest BCUT2D eigenvalue weighted by Crippen LogP contribution is 2.18. The van der Waals surface area contributed by atoms with Crippen molar-refractivity contribution in [3.05, 3.63) is 35.1 Å². The molecule has 0 bridgehead atoms. The fourth-order valence-corrected chi connectivity index (χ4v) is 3.31. The number of carbonyl (C=O) groups is 1. The van der Waals surface area contributed by atoms with E-state index in [0.29, 0.717) is 23.1 Å². The first kappa shape index (κ1) is 18.9. The van der Waals surface area contributed by atoms with Gasteiger partial charge in [0.25, 0.3) is 5.91 Å². The summed E-state index contributed by atoms with van der Waals surface area (Å²) in [6, 6.07) is 4.99. The predicted octanol–water partition coefficient (Wildman–Crippen LogP) is 2.65. The van der Waals surface area contributed by atoms with E-state index in [1.165, 1.54) is 6.07 Å². The SMILES string of the molecule is Cc1cc(C(=O)N(C)[C@H](CN2CCC(N)CC2)C(C)C)ccc1F. The van der Waals surface area contributed by atoms with E-state index in [1.807, 2.05) is 11.9 Å². The van der Waals surface area contributed by atoms with Crippen molar-refractivity contribution in [2.75, 3.05) is 26.7 Å². The summed E-state index contributed by atoms with van der Waals surface area (Å²) in [6.45, 7) is 8.79. The van der Waals surface area contributed by atoms with Crippen LogP contribution in [0.15, 0.2) is 18.2 Å². The Hall–Kier alpha value is -1.46. The number of benzene rings is 1. The van der Waals surface area contributed by atoms with Crippen LogP contribution in [0.5, 0.6) is 0 Å². The van der Waals surface area contributed by atoms with Gasteiger partial charge >= 0.3 is 0 Å². The first-order valence-corrected chi connectivity index (χ1v) is 8.80. The molecule has 1 aromatic carbocycles. The molecule has 1 aromatic rings. The lowest BCUT2D eigenvalue weighted by Crippen LogP contribution is -2.50. The molecule has 1 atom stereocenters. The third kappa shape index (κ3) is 4.54. The number of halogens is 1. The van der Waals surface area contributed by atoms with Gasteiger partial charge in [0.05, 0.1) is 0 Å². The fraction of sp³-hybridized carbons (Fsp3) is 0.632. The van der Waals surface area contributed by atoms with Crippen molar-refractivity contribution in [1.82, 2.24) is 9.80 Å². The van der Waals surface area contributed by atoms with Crippen molar-refractivity contribution in [2.24, 2.45) is 11.7 Å². The zero-order valence-electron chi connectivity index (χ0n) is 15.3. The van der Waals surface area contributed by atoms with Crippen LogP contribution in [0.4, 0.5) is 4.39 Å². The standard InChI is InChI=1S/C19H30FN3O/c1-13(2)18(12-23-9-7-16(21)8-10-23)22(4)19(24)15-5-6-17(20)14(3)11-15/h5-6,11,13,16,18H,7-10,12,21H2,1-4H3/t18-/m1/s1. The van der Waals surface area contributed by atoms with E-state index in [2.05, 4.69) is 18.7 Å². The number of likely N-dealkylation sites (tertiary alicyclic amines) is 1. The van der Waals surface area contributed by atoms with E-state index in [4.69, 9.17) is 5.73 Å². The molecule has 24 heavy (non-hydrogen) atoms. The average Bonchev–Trinajstić information content (AvgIpc) is 2.55. The Bertz CT molecular complexity index is 568. The largest absolute Gasteiger partial charge is 0.337 e. The van der Waals surface area contributed by atoms with Gasteiger partial charge in [0, 0.05) is 31.2 Å². The van der Waals surface area contributed by atoms with Gasteiger partial charge in [0.2, 0.25) is 0 Å². The number of rotatable bonds is 5. The molecule has 0 unspecified atom stereocenters. The molecule has 0 aromatic heterocycles. The molecule has 0 spiro atoms. The Morgan fingerprint density at radius 2 is 2.00 bits per heavy atom. The van der Waals surface area contributed by atoms with Gasteiger partial charge in [-0.15, -0.1) is 0 Å². The first-order chi connectivity index (χ1) is 11.3. The van der Waals surface area contributed by atoms with Gasteiger partial charge in [-0.1, -0.05) is 13.8 Å². The van der Waals surface area contributed by atoms with Crippen LogP contribution in [-0.2, 0) is 0 Å². The normalized spacial score (nSPS) is 18.0. The Labute approximate surface area is 144 Å². The maximum absolute atomic E-state index is 13.4. The third-order valence-electron chi connectivity index (χ3n) is 5.07. The number of nitrogens with two attached hydrogens (primary N) is 1. The molecular weight excluding hydrogens is 305 g/mol. The first-order valence-electron chi connectivity index (χ1n) is 8.80. The van der Waals surface area contributed by atoms with E-state index in [1.54, 1.807) is 19.1 Å². The molecule has 0 aliphatic carbocycles. The van der Waals surface area contributed by atoms with E-state index >= 15 is 0 Å². The molecule has 134 valence electrons. The highest BCUT2D eigenvalue weighted by Gasteiger charge is 2.27. The van der Waals surface area contributed by atoms with Gasteiger partial charge in [-0.05, 0) is 62.5 Å². The lowest BCUT2D eigenvalue weighted by atomic mass is 9.98. The summed E-state index contributed by atoms with van der Waals surface area (Å²) < 4.78 is 13.4. The van der Waals surface area contributed by atoms with Crippen LogP contribution in [0.1, 0.15) is 42.6 Å². The van der Waals surface area contributed by atoms with Crippen LogP contribution < -0.4 is 5.73 Å². The summed E-state index contributed by atoms with van der Waals surface area (Å²) in [7, 11) is 1.85. The van der Waals surface area contributed by atoms with Crippen molar-refractivity contribution in [3.63, 3.8) is 0 Å². The van der Waals surface area contributed by atoms with Crippen molar-refractivity contribution in [3.8, 4) is 0 Å². The minimum atomic E-state index is -0.278. The maximum Gasteiger partial charge on any atom is 0.253 e. The number of likely N-dealkylation sites (N-methyl/N-ethyl adjacent to an activating group) is 1. The van der Waals surface area contributed by atoms with E-state index in [0.717, 1.165) is 32.5 Å². The number of hydrogen-bond acceptors (Lipinski definition) is 3. The Kier molecular flexibility index (Phi) is 6.35. The summed E-state index contributed by atoms with van der Waals surface area (Å²) in [6.07, 6.45) is 2.03. The molecule has 1 amide bonds. The Balaban J connectivity index is 2.08. The van der Waals surface area contributed by atoms with Crippen LogP contribution in [0.25, 0.3) is 0 Å². The monoisotopic (exact) mass is 335 g/mol. The highest BCUT2D eigenvalue weighted by atomic mass is 19.1. The summed E-state index contributed by atoms with van der Waals surface area (Å²) in [5.41, 5.74) is 7.02. The van der Waals surface area contributed by atoms with Crippen LogP contribution in [-0.4, -0.2) is 54.5 Å². The van der Waals surface area contributed by atoms with Crippen LogP contribution in [0, 0.1) is 18.7 Å². The Morgan fingerprint density at radius 1 is 1.38 bits per heavy atom. The number of amides is 1. The topological polar surface area (TPSA) is 49.6 Å². The van der Waals surface area contributed by atoms with Crippen molar-refractivity contribution < 1.29 is 9.18 Å². The molecule has 4 nitrogen and oxygen atoms in total. The quantitative estimate of drug-likeness (QED) is 0.900. The zero-order chi connectivity index (χ0) is 17.9. The molecule has 1 aliphatic heterocycles. The van der Waals surface area contributed by atoms with Gasteiger partial charge in [0.1, 0.15) is 5.82 Å². The van der Waals surface area contributed by atoms with Gasteiger partial charge < -0.3 is 15.5 Å². The van der Waals surface area contributed by atoms with Gasteiger partial charge in [-0.2, -0.15) is 0 Å². The maximum atomic E-state index is 13.4. The zero-order valence-corrected chi connectivity index (χ0v) is 15.3. The van der Waals surface area contributed by atoms with Crippen molar-refractivity contribution in [2.45, 2.75) is 45.7 Å². The minimum Gasteiger partial charge on any atom is -0.337 e. The second kappa shape index (κ2) is 8.08. The Morgan fingerprint density at radius 3 is 2.54 bits per heavy atom. The van der Waals surface area contributed by atoms with Crippen molar-refractivity contribution in [1.29, 1.82) is 0 Å². The number of piperidine rings is 1. The van der Waals surface area contributed by atoms with E-state index in [9.17, 15) is 9.18 Å². The van der Waals surface area contributed by atoms with Crippen LogP contribution in [0.3, 0.4) is 0 Å². The molecule has 5 heteroatoms. The minimum absolute atomic E-state index is 0.0505. The van der Waals surface area contributed by atoms with E-state index in [-0.39, 0.29) is 17.8 Å².